The van der Waals surface area contributed by atoms with Gasteiger partial charge in [0, 0.05) is 23.7 Å². The highest BCUT2D eigenvalue weighted by Gasteiger charge is 2.23. The fraction of sp³-hybridized carbons (Fsp3) is 0.176. The number of nitrogens with zero attached hydrogens (tertiary/aromatic N) is 3. The highest BCUT2D eigenvalue weighted by molar-refractivity contribution is 6.28. The molecular weight excluding hydrogens is 339 g/mol. The van der Waals surface area contributed by atoms with Crippen LogP contribution in [0.4, 0.5) is 24.7 Å². The van der Waals surface area contributed by atoms with Gasteiger partial charge < -0.3 is 4.90 Å². The molecule has 0 saturated heterocycles. The summed E-state index contributed by atoms with van der Waals surface area (Å²) < 4.78 is 40.9. The smallest absolute Gasteiger partial charge is 0.224 e. The lowest BCUT2D eigenvalue weighted by Crippen LogP contribution is -2.26. The highest BCUT2D eigenvalue weighted by Crippen LogP contribution is 2.37. The maximum Gasteiger partial charge on any atom is 0.224 e. The lowest BCUT2D eigenvalue weighted by molar-refractivity contribution is 0.510. The van der Waals surface area contributed by atoms with E-state index in [4.69, 9.17) is 11.6 Å². The third-order valence-electron chi connectivity index (χ3n) is 4.11. The van der Waals surface area contributed by atoms with Crippen LogP contribution in [0.5, 0.6) is 0 Å². The van der Waals surface area contributed by atoms with Crippen molar-refractivity contribution in [2.45, 2.75) is 12.8 Å². The van der Waals surface area contributed by atoms with Crippen LogP contribution in [0.25, 0.3) is 10.9 Å². The number of hydrogen-bond donors (Lipinski definition) is 0. The fourth-order valence-corrected chi connectivity index (χ4v) is 3.22. The van der Waals surface area contributed by atoms with E-state index >= 15 is 0 Å². The molecule has 3 nitrogen and oxygen atoms in total. The Kier molecular flexibility index (Phi) is 3.57. The van der Waals surface area contributed by atoms with Gasteiger partial charge in [0.05, 0.1) is 5.52 Å². The van der Waals surface area contributed by atoms with Crippen LogP contribution in [0.15, 0.2) is 30.3 Å². The summed E-state index contributed by atoms with van der Waals surface area (Å²) in [5, 5.41) is 0.252. The summed E-state index contributed by atoms with van der Waals surface area (Å²) in [5.74, 6) is -2.03. The Balaban J connectivity index is 1.98. The van der Waals surface area contributed by atoms with E-state index in [9.17, 15) is 13.2 Å². The van der Waals surface area contributed by atoms with E-state index in [-0.39, 0.29) is 16.6 Å². The number of hydrogen-bond acceptors (Lipinski definition) is 3. The molecule has 0 amide bonds. The number of benzene rings is 2. The van der Waals surface area contributed by atoms with E-state index in [2.05, 4.69) is 9.97 Å². The van der Waals surface area contributed by atoms with E-state index in [1.165, 1.54) is 12.1 Å². The summed E-state index contributed by atoms with van der Waals surface area (Å²) in [4.78, 5) is 9.92. The molecule has 2 heterocycles. The third kappa shape index (κ3) is 2.47. The first kappa shape index (κ1) is 15.2. The van der Waals surface area contributed by atoms with Crippen LogP contribution in [0, 0.1) is 17.5 Å². The quantitative estimate of drug-likeness (QED) is 0.592. The minimum atomic E-state index is -1.01. The summed E-state index contributed by atoms with van der Waals surface area (Å²) in [6, 6.07) is 6.57. The van der Waals surface area contributed by atoms with Gasteiger partial charge >= 0.3 is 0 Å². The SMILES string of the molecule is Fc1ccc2c(c1)N(c1nc(Cl)nc3cc(F)c(F)cc13)CCC2. The van der Waals surface area contributed by atoms with Crippen LogP contribution in [-0.2, 0) is 6.42 Å². The Hall–Kier alpha value is -2.34. The molecule has 1 aliphatic heterocycles. The summed E-state index contributed by atoms with van der Waals surface area (Å²) in [7, 11) is 0. The molecule has 1 aliphatic rings. The zero-order valence-electron chi connectivity index (χ0n) is 12.4. The molecule has 0 aliphatic carbocycles. The van der Waals surface area contributed by atoms with Gasteiger partial charge in [-0.05, 0) is 48.2 Å². The molecule has 4 rings (SSSR count). The number of anilines is 2. The summed E-state index contributed by atoms with van der Waals surface area (Å²) >= 11 is 5.95. The predicted octanol–water partition coefficient (Wildman–Crippen LogP) is 4.78. The lowest BCUT2D eigenvalue weighted by Gasteiger charge is -2.31. The monoisotopic (exact) mass is 349 g/mol. The minimum Gasteiger partial charge on any atom is -0.325 e. The minimum absolute atomic E-state index is 0.0768. The summed E-state index contributed by atoms with van der Waals surface area (Å²) in [5.41, 5.74) is 1.82. The standard InChI is InChI=1S/C17H11ClF3N3/c18-17-22-14-8-13(21)12(20)7-11(14)16(23-17)24-5-1-2-9-3-4-10(19)6-15(9)24/h3-4,6-8H,1-2,5H2. The van der Waals surface area contributed by atoms with Crippen LogP contribution in [0.1, 0.15) is 12.0 Å². The fourth-order valence-electron chi connectivity index (χ4n) is 3.05. The topological polar surface area (TPSA) is 29.0 Å². The van der Waals surface area contributed by atoms with Gasteiger partial charge in [-0.2, -0.15) is 4.98 Å². The zero-order chi connectivity index (χ0) is 16.8. The molecular formula is C17H11ClF3N3. The second-order valence-corrected chi connectivity index (χ2v) is 5.97. The molecule has 2 aromatic carbocycles. The Morgan fingerprint density at radius 2 is 1.79 bits per heavy atom. The number of rotatable bonds is 1. The molecule has 1 aromatic heterocycles. The number of fused-ring (bicyclic) bond motifs is 2. The predicted molar refractivity (Wildman–Crippen MR) is 86.2 cm³/mol. The summed E-state index contributed by atoms with van der Waals surface area (Å²) in [6.45, 7) is 0.567. The molecule has 7 heteroatoms. The molecule has 0 atom stereocenters. The van der Waals surface area contributed by atoms with Gasteiger partial charge in [-0.15, -0.1) is 0 Å². The molecule has 0 fully saturated rings. The zero-order valence-corrected chi connectivity index (χ0v) is 13.1. The molecule has 0 bridgehead atoms. The highest BCUT2D eigenvalue weighted by atomic mass is 35.5. The first-order valence-corrected chi connectivity index (χ1v) is 7.79. The van der Waals surface area contributed by atoms with Crippen molar-refractivity contribution in [3.63, 3.8) is 0 Å². The number of aromatic nitrogens is 2. The van der Waals surface area contributed by atoms with Crippen molar-refractivity contribution < 1.29 is 13.2 Å². The maximum atomic E-state index is 13.7. The Morgan fingerprint density at radius 1 is 1.00 bits per heavy atom. The molecule has 0 unspecified atom stereocenters. The Bertz CT molecular complexity index is 961. The molecule has 0 spiro atoms. The summed E-state index contributed by atoms with van der Waals surface area (Å²) in [6.07, 6.45) is 1.64. The van der Waals surface area contributed by atoms with Gasteiger partial charge in [0.15, 0.2) is 11.6 Å². The van der Waals surface area contributed by atoms with Gasteiger partial charge in [-0.3, -0.25) is 0 Å². The maximum absolute atomic E-state index is 13.7. The van der Waals surface area contributed by atoms with E-state index in [1.54, 1.807) is 11.0 Å². The Morgan fingerprint density at radius 3 is 2.62 bits per heavy atom. The van der Waals surface area contributed by atoms with Crippen LogP contribution < -0.4 is 4.90 Å². The van der Waals surface area contributed by atoms with Gasteiger partial charge in [0.1, 0.15) is 11.6 Å². The van der Waals surface area contributed by atoms with Gasteiger partial charge in [0.25, 0.3) is 0 Å². The molecule has 0 radical (unpaired) electrons. The van der Waals surface area contributed by atoms with E-state index in [0.29, 0.717) is 23.4 Å². The Labute approximate surface area is 140 Å². The number of aryl methyl sites for hydroxylation is 1. The van der Waals surface area contributed by atoms with Crippen molar-refractivity contribution in [2.75, 3.05) is 11.4 Å². The third-order valence-corrected chi connectivity index (χ3v) is 4.28. The molecule has 3 aromatic rings. The van der Waals surface area contributed by atoms with Crippen LogP contribution in [-0.4, -0.2) is 16.5 Å². The normalized spacial score (nSPS) is 14.1. The van der Waals surface area contributed by atoms with E-state index < -0.39 is 11.6 Å². The molecule has 122 valence electrons. The largest absolute Gasteiger partial charge is 0.325 e. The molecule has 0 N–H and O–H groups in total. The van der Waals surface area contributed by atoms with Crippen molar-refractivity contribution in [1.82, 2.24) is 9.97 Å². The van der Waals surface area contributed by atoms with Crippen molar-refractivity contribution in [1.29, 1.82) is 0 Å². The van der Waals surface area contributed by atoms with E-state index in [1.807, 2.05) is 0 Å². The second kappa shape index (κ2) is 5.63. The second-order valence-electron chi connectivity index (χ2n) is 5.63. The number of halogens is 4. The molecule has 24 heavy (non-hydrogen) atoms. The van der Waals surface area contributed by atoms with Crippen LogP contribution in [0.2, 0.25) is 5.28 Å². The van der Waals surface area contributed by atoms with E-state index in [0.717, 1.165) is 30.5 Å². The van der Waals surface area contributed by atoms with Gasteiger partial charge in [-0.25, -0.2) is 18.2 Å². The van der Waals surface area contributed by atoms with Crippen LogP contribution >= 0.6 is 11.6 Å². The average Bonchev–Trinajstić information content (AvgIpc) is 2.55. The van der Waals surface area contributed by atoms with Crippen molar-refractivity contribution in [3.8, 4) is 0 Å². The van der Waals surface area contributed by atoms with Gasteiger partial charge in [0.2, 0.25) is 5.28 Å². The molecule has 0 saturated carbocycles. The van der Waals surface area contributed by atoms with Crippen molar-refractivity contribution >= 4 is 34.0 Å². The van der Waals surface area contributed by atoms with Crippen LogP contribution in [0.3, 0.4) is 0 Å². The first-order valence-electron chi connectivity index (χ1n) is 7.41. The van der Waals surface area contributed by atoms with Crippen molar-refractivity contribution in [2.24, 2.45) is 0 Å². The van der Waals surface area contributed by atoms with Crippen molar-refractivity contribution in [3.05, 3.63) is 58.6 Å². The lowest BCUT2D eigenvalue weighted by atomic mass is 10.0. The first-order chi connectivity index (χ1) is 11.5. The van der Waals surface area contributed by atoms with Gasteiger partial charge in [-0.1, -0.05) is 6.07 Å². The average molecular weight is 350 g/mol.